The third-order valence-corrected chi connectivity index (χ3v) is 10.5. The molecular formula is C20H42N2O2Si. The van der Waals surface area contributed by atoms with E-state index in [9.17, 15) is 4.79 Å². The normalized spacial score (nSPS) is 19.5. The molecule has 148 valence electrons. The van der Waals surface area contributed by atoms with Crippen LogP contribution in [0.25, 0.3) is 0 Å². The Morgan fingerprint density at radius 3 is 2.36 bits per heavy atom. The van der Waals surface area contributed by atoms with Crippen LogP contribution in [0.15, 0.2) is 0 Å². The summed E-state index contributed by atoms with van der Waals surface area (Å²) < 4.78 is 6.50. The minimum atomic E-state index is -2.05. The standard InChI is InChI=1S/C20H42N2O2Si/c1-7-8-14-22-19(23)18(24-25(5,6)20(2,3)4)17(21)15-16-12-10-9-11-13-16/h16-18H,7-15,21H2,1-6H3,(H,22,23)/t17-,18+/m0/s1. The Bertz CT molecular complexity index is 401. The molecule has 25 heavy (non-hydrogen) atoms. The molecule has 1 saturated carbocycles. The molecular weight excluding hydrogens is 328 g/mol. The van der Waals surface area contributed by atoms with Crippen molar-refractivity contribution in [2.45, 2.75) is 109 Å². The minimum Gasteiger partial charge on any atom is -0.404 e. The Hall–Kier alpha value is -0.393. The molecule has 0 aromatic carbocycles. The molecule has 1 amide bonds. The van der Waals surface area contributed by atoms with Crippen LogP contribution in [0.1, 0.15) is 79.1 Å². The van der Waals surface area contributed by atoms with Crippen LogP contribution in [0, 0.1) is 5.92 Å². The molecule has 0 aliphatic heterocycles. The molecule has 0 aromatic heterocycles. The van der Waals surface area contributed by atoms with Crippen molar-refractivity contribution < 1.29 is 9.22 Å². The van der Waals surface area contributed by atoms with E-state index in [-0.39, 0.29) is 17.0 Å². The largest absolute Gasteiger partial charge is 0.404 e. The molecule has 0 radical (unpaired) electrons. The van der Waals surface area contributed by atoms with Gasteiger partial charge in [-0.05, 0) is 36.9 Å². The van der Waals surface area contributed by atoms with Crippen LogP contribution in [0.3, 0.4) is 0 Å². The second kappa shape index (κ2) is 10.1. The molecule has 3 N–H and O–H groups in total. The first-order valence-corrected chi connectivity index (χ1v) is 13.2. The first kappa shape index (κ1) is 22.6. The highest BCUT2D eigenvalue weighted by Gasteiger charge is 2.42. The van der Waals surface area contributed by atoms with Crippen LogP contribution < -0.4 is 11.1 Å². The fourth-order valence-electron chi connectivity index (χ4n) is 3.25. The molecule has 0 unspecified atom stereocenters. The number of rotatable bonds is 9. The molecule has 1 rings (SSSR count). The molecule has 5 heteroatoms. The predicted molar refractivity (Wildman–Crippen MR) is 109 cm³/mol. The van der Waals surface area contributed by atoms with Crippen molar-refractivity contribution in [2.24, 2.45) is 11.7 Å². The lowest BCUT2D eigenvalue weighted by Crippen LogP contribution is -2.55. The van der Waals surface area contributed by atoms with E-state index in [2.05, 4.69) is 46.1 Å². The zero-order valence-electron chi connectivity index (χ0n) is 17.5. The zero-order valence-corrected chi connectivity index (χ0v) is 18.5. The minimum absolute atomic E-state index is 0.0124. The Labute approximate surface area is 156 Å². The third kappa shape index (κ3) is 7.39. The summed E-state index contributed by atoms with van der Waals surface area (Å²) in [6, 6.07) is -0.209. The summed E-state index contributed by atoms with van der Waals surface area (Å²) in [4.78, 5) is 12.8. The van der Waals surface area contributed by atoms with E-state index in [0.717, 1.165) is 19.3 Å². The van der Waals surface area contributed by atoms with Crippen molar-refractivity contribution in [1.29, 1.82) is 0 Å². The summed E-state index contributed by atoms with van der Waals surface area (Å²) in [5, 5.41) is 3.12. The Balaban J connectivity index is 2.79. The van der Waals surface area contributed by atoms with E-state index in [1.54, 1.807) is 0 Å². The van der Waals surface area contributed by atoms with Gasteiger partial charge in [-0.25, -0.2) is 0 Å². The smallest absolute Gasteiger partial charge is 0.249 e. The fraction of sp³-hybridized carbons (Fsp3) is 0.950. The lowest BCUT2D eigenvalue weighted by Gasteiger charge is -2.40. The Kier molecular flexibility index (Phi) is 9.13. The number of nitrogens with one attached hydrogen (secondary N) is 1. The summed E-state index contributed by atoms with van der Waals surface area (Å²) in [7, 11) is -2.05. The van der Waals surface area contributed by atoms with Gasteiger partial charge < -0.3 is 15.5 Å². The summed E-state index contributed by atoms with van der Waals surface area (Å²) in [5.41, 5.74) is 6.54. The first-order chi connectivity index (χ1) is 11.6. The SMILES string of the molecule is CCCCNC(=O)[C@H](O[Si](C)(C)C(C)(C)C)[C@@H](N)CC1CCCCC1. The quantitative estimate of drug-likeness (QED) is 0.461. The van der Waals surface area contributed by atoms with Gasteiger partial charge in [0.2, 0.25) is 5.91 Å². The maximum Gasteiger partial charge on any atom is 0.249 e. The summed E-state index contributed by atoms with van der Waals surface area (Å²) in [6.45, 7) is 13.9. The second-order valence-electron chi connectivity index (χ2n) is 9.35. The van der Waals surface area contributed by atoms with Crippen LogP contribution in [0.4, 0.5) is 0 Å². The molecule has 0 aromatic rings. The van der Waals surface area contributed by atoms with Crippen LogP contribution in [-0.4, -0.2) is 32.9 Å². The van der Waals surface area contributed by atoms with E-state index >= 15 is 0 Å². The van der Waals surface area contributed by atoms with Crippen molar-refractivity contribution in [1.82, 2.24) is 5.32 Å². The van der Waals surface area contributed by atoms with Crippen LogP contribution in [0.2, 0.25) is 18.1 Å². The average molecular weight is 371 g/mol. The van der Waals surface area contributed by atoms with Crippen LogP contribution in [0.5, 0.6) is 0 Å². The topological polar surface area (TPSA) is 64.3 Å². The molecule has 0 heterocycles. The van der Waals surface area contributed by atoms with E-state index in [0.29, 0.717) is 12.5 Å². The maximum atomic E-state index is 12.8. The summed E-state index contributed by atoms with van der Waals surface area (Å²) >= 11 is 0. The third-order valence-electron chi connectivity index (χ3n) is 6.03. The van der Waals surface area contributed by atoms with Gasteiger partial charge in [-0.3, -0.25) is 4.79 Å². The first-order valence-electron chi connectivity index (χ1n) is 10.3. The molecule has 0 bridgehead atoms. The van der Waals surface area contributed by atoms with Crippen molar-refractivity contribution in [3.63, 3.8) is 0 Å². The fourth-order valence-corrected chi connectivity index (χ4v) is 4.52. The van der Waals surface area contributed by atoms with Gasteiger partial charge in [0.15, 0.2) is 8.32 Å². The predicted octanol–water partition coefficient (Wildman–Crippen LogP) is 4.59. The maximum absolute atomic E-state index is 12.8. The van der Waals surface area contributed by atoms with Gasteiger partial charge in [-0.2, -0.15) is 0 Å². The molecule has 1 fully saturated rings. The number of hydrogen-bond donors (Lipinski definition) is 2. The van der Waals surface area contributed by atoms with Gasteiger partial charge in [-0.1, -0.05) is 66.2 Å². The summed E-state index contributed by atoms with van der Waals surface area (Å²) in [6.07, 6.45) is 8.89. The van der Waals surface area contributed by atoms with E-state index in [1.807, 2.05) is 0 Å². The summed E-state index contributed by atoms with van der Waals surface area (Å²) in [5.74, 6) is 0.638. The Morgan fingerprint density at radius 2 is 1.84 bits per heavy atom. The number of unbranched alkanes of at least 4 members (excludes halogenated alkanes) is 1. The van der Waals surface area contributed by atoms with Crippen molar-refractivity contribution in [3.8, 4) is 0 Å². The van der Waals surface area contributed by atoms with Crippen LogP contribution in [-0.2, 0) is 9.22 Å². The van der Waals surface area contributed by atoms with Crippen LogP contribution >= 0.6 is 0 Å². The van der Waals surface area contributed by atoms with Gasteiger partial charge in [0.1, 0.15) is 6.10 Å². The highest BCUT2D eigenvalue weighted by molar-refractivity contribution is 6.74. The van der Waals surface area contributed by atoms with Gasteiger partial charge >= 0.3 is 0 Å². The highest BCUT2D eigenvalue weighted by Crippen LogP contribution is 2.38. The van der Waals surface area contributed by atoms with Gasteiger partial charge in [-0.15, -0.1) is 0 Å². The molecule has 1 aliphatic carbocycles. The number of amides is 1. The number of carbonyl (C=O) groups excluding carboxylic acids is 1. The Morgan fingerprint density at radius 1 is 1.24 bits per heavy atom. The molecule has 2 atom stereocenters. The molecule has 0 saturated heterocycles. The number of carbonyl (C=O) groups is 1. The lowest BCUT2D eigenvalue weighted by molar-refractivity contribution is -0.129. The highest BCUT2D eigenvalue weighted by atomic mass is 28.4. The van der Waals surface area contributed by atoms with E-state index in [1.165, 1.54) is 32.1 Å². The molecule has 4 nitrogen and oxygen atoms in total. The molecule has 0 spiro atoms. The van der Waals surface area contributed by atoms with Crippen molar-refractivity contribution in [3.05, 3.63) is 0 Å². The second-order valence-corrected chi connectivity index (χ2v) is 14.1. The van der Waals surface area contributed by atoms with Gasteiger partial charge in [0.05, 0.1) is 0 Å². The van der Waals surface area contributed by atoms with Crippen molar-refractivity contribution >= 4 is 14.2 Å². The molecule has 1 aliphatic rings. The van der Waals surface area contributed by atoms with E-state index < -0.39 is 14.4 Å². The number of hydrogen-bond acceptors (Lipinski definition) is 3. The zero-order chi connectivity index (χ0) is 19.1. The number of nitrogens with two attached hydrogens (primary N) is 1. The van der Waals surface area contributed by atoms with Gasteiger partial charge in [0, 0.05) is 12.6 Å². The van der Waals surface area contributed by atoms with Crippen molar-refractivity contribution in [2.75, 3.05) is 6.54 Å². The van der Waals surface area contributed by atoms with Gasteiger partial charge in [0.25, 0.3) is 0 Å². The monoisotopic (exact) mass is 370 g/mol. The lowest BCUT2D eigenvalue weighted by atomic mass is 9.84. The average Bonchev–Trinajstić information content (AvgIpc) is 2.52. The van der Waals surface area contributed by atoms with E-state index in [4.69, 9.17) is 10.2 Å².